The minimum absolute atomic E-state index is 0.0219. The summed E-state index contributed by atoms with van der Waals surface area (Å²) >= 11 is 0. The Morgan fingerprint density at radius 2 is 1.84 bits per heavy atom. The number of methoxy groups -OCH3 is 1. The molecule has 0 spiro atoms. The SMILES string of the molecule is COC1C2OCC(C)C2CC2C1C(=O)[C@@H](C)C[C@@H]2C. The minimum Gasteiger partial charge on any atom is -0.378 e. The van der Waals surface area contributed by atoms with Gasteiger partial charge in [-0.3, -0.25) is 4.79 Å². The highest BCUT2D eigenvalue weighted by Crippen LogP contribution is 2.51. The predicted octanol–water partition coefficient (Wildman–Crippen LogP) is 2.53. The van der Waals surface area contributed by atoms with Gasteiger partial charge in [-0.05, 0) is 36.5 Å². The molecule has 0 radical (unpaired) electrons. The molecule has 0 aromatic carbocycles. The van der Waals surface area contributed by atoms with Crippen LogP contribution in [0.5, 0.6) is 0 Å². The average Bonchev–Trinajstić information content (AvgIpc) is 2.75. The lowest BCUT2D eigenvalue weighted by molar-refractivity contribution is -0.160. The molecule has 0 amide bonds. The summed E-state index contributed by atoms with van der Waals surface area (Å²) in [6.07, 6.45) is 2.31. The number of Topliss-reactive ketones (excluding diaryl/α,β-unsaturated/α-hetero) is 1. The van der Waals surface area contributed by atoms with E-state index in [1.54, 1.807) is 7.11 Å². The largest absolute Gasteiger partial charge is 0.378 e. The van der Waals surface area contributed by atoms with E-state index < -0.39 is 0 Å². The molecule has 2 aliphatic carbocycles. The van der Waals surface area contributed by atoms with Gasteiger partial charge in [-0.1, -0.05) is 20.8 Å². The van der Waals surface area contributed by atoms with Crippen molar-refractivity contribution < 1.29 is 14.3 Å². The van der Waals surface area contributed by atoms with Crippen molar-refractivity contribution in [3.8, 4) is 0 Å². The summed E-state index contributed by atoms with van der Waals surface area (Å²) in [7, 11) is 1.74. The Morgan fingerprint density at radius 3 is 2.53 bits per heavy atom. The van der Waals surface area contributed by atoms with Crippen LogP contribution in [0, 0.1) is 35.5 Å². The van der Waals surface area contributed by atoms with Crippen LogP contribution in [0.25, 0.3) is 0 Å². The molecule has 0 N–H and O–H groups in total. The lowest BCUT2D eigenvalue weighted by atomic mass is 9.57. The van der Waals surface area contributed by atoms with E-state index in [0.717, 1.165) is 19.4 Å². The second-order valence-corrected chi connectivity index (χ2v) is 7.08. The summed E-state index contributed by atoms with van der Waals surface area (Å²) in [6.45, 7) is 7.49. The maximum absolute atomic E-state index is 12.6. The molecule has 19 heavy (non-hydrogen) atoms. The zero-order valence-corrected chi connectivity index (χ0v) is 12.5. The van der Waals surface area contributed by atoms with Gasteiger partial charge >= 0.3 is 0 Å². The van der Waals surface area contributed by atoms with Crippen molar-refractivity contribution in [1.29, 1.82) is 0 Å². The first kappa shape index (κ1) is 13.6. The summed E-state index contributed by atoms with van der Waals surface area (Å²) in [5.41, 5.74) is 0. The highest BCUT2D eigenvalue weighted by Gasteiger charge is 2.55. The first-order chi connectivity index (χ1) is 9.04. The van der Waals surface area contributed by atoms with Crippen molar-refractivity contribution in [3.05, 3.63) is 0 Å². The Kier molecular flexibility index (Phi) is 3.46. The topological polar surface area (TPSA) is 35.5 Å². The van der Waals surface area contributed by atoms with Gasteiger partial charge in [0.15, 0.2) is 0 Å². The highest BCUT2D eigenvalue weighted by molar-refractivity contribution is 5.85. The van der Waals surface area contributed by atoms with Crippen molar-refractivity contribution in [3.63, 3.8) is 0 Å². The average molecular weight is 266 g/mol. The molecule has 3 rings (SSSR count). The van der Waals surface area contributed by atoms with Gasteiger partial charge in [-0.2, -0.15) is 0 Å². The van der Waals surface area contributed by atoms with Gasteiger partial charge < -0.3 is 9.47 Å². The van der Waals surface area contributed by atoms with Gasteiger partial charge in [-0.15, -0.1) is 0 Å². The summed E-state index contributed by atoms with van der Waals surface area (Å²) in [5, 5.41) is 0. The van der Waals surface area contributed by atoms with Crippen molar-refractivity contribution in [2.45, 2.75) is 45.8 Å². The van der Waals surface area contributed by atoms with Gasteiger partial charge in [0, 0.05) is 18.9 Å². The fraction of sp³-hybridized carbons (Fsp3) is 0.938. The molecular weight excluding hydrogens is 240 g/mol. The molecule has 8 atom stereocenters. The monoisotopic (exact) mass is 266 g/mol. The Balaban J connectivity index is 1.93. The minimum atomic E-state index is -0.0219. The van der Waals surface area contributed by atoms with E-state index in [1.807, 2.05) is 0 Å². The third-order valence-corrected chi connectivity index (χ3v) is 5.93. The number of ketones is 1. The molecule has 0 aromatic rings. The van der Waals surface area contributed by atoms with Gasteiger partial charge in [0.1, 0.15) is 5.78 Å². The number of hydrogen-bond donors (Lipinski definition) is 0. The third-order valence-electron chi connectivity index (χ3n) is 5.93. The zero-order valence-electron chi connectivity index (χ0n) is 12.5. The van der Waals surface area contributed by atoms with Crippen LogP contribution in [0.3, 0.4) is 0 Å². The van der Waals surface area contributed by atoms with E-state index in [9.17, 15) is 4.79 Å². The molecule has 0 bridgehead atoms. The number of carbonyl (C=O) groups is 1. The molecule has 2 saturated carbocycles. The van der Waals surface area contributed by atoms with Crippen LogP contribution in [0.4, 0.5) is 0 Å². The Morgan fingerprint density at radius 1 is 1.11 bits per heavy atom. The number of hydrogen-bond acceptors (Lipinski definition) is 3. The molecular formula is C16H26O3. The molecule has 3 heteroatoms. The molecule has 1 saturated heterocycles. The number of carbonyl (C=O) groups excluding carboxylic acids is 1. The summed E-state index contributed by atoms with van der Waals surface area (Å²) in [4.78, 5) is 12.6. The van der Waals surface area contributed by atoms with Crippen LogP contribution in [0.2, 0.25) is 0 Å². The Labute approximate surface area is 116 Å². The van der Waals surface area contributed by atoms with Crippen LogP contribution >= 0.6 is 0 Å². The fourth-order valence-electron chi connectivity index (χ4n) is 4.86. The van der Waals surface area contributed by atoms with E-state index >= 15 is 0 Å². The van der Waals surface area contributed by atoms with E-state index in [2.05, 4.69) is 20.8 Å². The molecule has 0 aromatic heterocycles. The van der Waals surface area contributed by atoms with Crippen molar-refractivity contribution in [2.24, 2.45) is 35.5 Å². The zero-order chi connectivity index (χ0) is 13.7. The van der Waals surface area contributed by atoms with Crippen molar-refractivity contribution >= 4 is 5.78 Å². The van der Waals surface area contributed by atoms with Crippen molar-refractivity contribution in [2.75, 3.05) is 13.7 Å². The van der Waals surface area contributed by atoms with Crippen LogP contribution in [-0.4, -0.2) is 31.7 Å². The lowest BCUT2D eigenvalue weighted by Crippen LogP contribution is -2.55. The lowest BCUT2D eigenvalue weighted by Gasteiger charge is -2.49. The Bertz CT molecular complexity index is 367. The molecule has 108 valence electrons. The molecule has 6 unspecified atom stereocenters. The number of ether oxygens (including phenoxy) is 2. The summed E-state index contributed by atoms with van der Waals surface area (Å²) in [5.74, 6) is 2.97. The van der Waals surface area contributed by atoms with Crippen LogP contribution in [0.1, 0.15) is 33.6 Å². The first-order valence-electron chi connectivity index (χ1n) is 7.72. The van der Waals surface area contributed by atoms with E-state index in [-0.39, 0.29) is 24.0 Å². The fourth-order valence-corrected chi connectivity index (χ4v) is 4.86. The van der Waals surface area contributed by atoms with Gasteiger partial charge in [0.05, 0.1) is 18.8 Å². The van der Waals surface area contributed by atoms with Crippen LogP contribution in [-0.2, 0) is 14.3 Å². The maximum atomic E-state index is 12.6. The first-order valence-corrected chi connectivity index (χ1v) is 7.72. The smallest absolute Gasteiger partial charge is 0.141 e. The second-order valence-electron chi connectivity index (χ2n) is 7.08. The predicted molar refractivity (Wildman–Crippen MR) is 72.7 cm³/mol. The van der Waals surface area contributed by atoms with Crippen LogP contribution < -0.4 is 0 Å². The van der Waals surface area contributed by atoms with Gasteiger partial charge in [-0.25, -0.2) is 0 Å². The van der Waals surface area contributed by atoms with Crippen LogP contribution in [0.15, 0.2) is 0 Å². The summed E-state index contributed by atoms with van der Waals surface area (Å²) in [6, 6.07) is 0. The van der Waals surface area contributed by atoms with Crippen molar-refractivity contribution in [1.82, 2.24) is 0 Å². The second kappa shape index (κ2) is 4.85. The quantitative estimate of drug-likeness (QED) is 0.731. The number of fused-ring (bicyclic) bond motifs is 2. The van der Waals surface area contributed by atoms with E-state index in [4.69, 9.17) is 9.47 Å². The molecule has 3 aliphatic rings. The Hall–Kier alpha value is -0.410. The van der Waals surface area contributed by atoms with E-state index in [0.29, 0.717) is 29.5 Å². The normalized spacial score (nSPS) is 53.8. The van der Waals surface area contributed by atoms with Gasteiger partial charge in [0.25, 0.3) is 0 Å². The molecule has 3 fully saturated rings. The molecule has 1 heterocycles. The third kappa shape index (κ3) is 1.97. The van der Waals surface area contributed by atoms with E-state index in [1.165, 1.54) is 0 Å². The maximum Gasteiger partial charge on any atom is 0.141 e. The standard InChI is InChI=1S/C16H26O3/c1-8-5-9(2)14(17)13-11(8)6-12-10(3)7-19-15(12)16(13)18-4/h8-13,15-16H,5-7H2,1-4H3/t8-,9-,10?,11?,12?,13?,15?,16?/m0/s1. The summed E-state index contributed by atoms with van der Waals surface area (Å²) < 4.78 is 11.7. The highest BCUT2D eigenvalue weighted by atomic mass is 16.5. The molecule has 1 aliphatic heterocycles. The molecule has 3 nitrogen and oxygen atoms in total. The van der Waals surface area contributed by atoms with Gasteiger partial charge in [0.2, 0.25) is 0 Å². The number of rotatable bonds is 1.